The minimum atomic E-state index is -0.316. The molecule has 0 aliphatic carbocycles. The Morgan fingerprint density at radius 1 is 1.31 bits per heavy atom. The molecule has 1 aromatic carbocycles. The maximum atomic E-state index is 11.0. The highest BCUT2D eigenvalue weighted by Crippen LogP contribution is 2.19. The third-order valence-corrected chi connectivity index (χ3v) is 2.21. The summed E-state index contributed by atoms with van der Waals surface area (Å²) in [6.45, 7) is 1.89. The van der Waals surface area contributed by atoms with Gasteiger partial charge in [0.2, 0.25) is 0 Å². The van der Waals surface area contributed by atoms with E-state index in [1.165, 1.54) is 6.07 Å². The summed E-state index contributed by atoms with van der Waals surface area (Å²) in [6.07, 6.45) is 0. The first-order valence-corrected chi connectivity index (χ1v) is 4.35. The number of hydrogen-bond donors (Lipinski definition) is 1. The third-order valence-electron chi connectivity index (χ3n) is 1.93. The highest BCUT2D eigenvalue weighted by atomic mass is 32.1. The number of thiol groups is 1. The van der Waals surface area contributed by atoms with Gasteiger partial charge in [-0.25, -0.2) is 4.79 Å². The van der Waals surface area contributed by atoms with Gasteiger partial charge in [-0.05, 0) is 30.7 Å². The van der Waals surface area contributed by atoms with E-state index in [9.17, 15) is 4.79 Å². The van der Waals surface area contributed by atoms with Crippen LogP contribution in [0.1, 0.15) is 5.56 Å². The largest absolute Gasteiger partial charge is 0.423 e. The molecule has 0 radical (unpaired) electrons. The number of benzene rings is 1. The van der Waals surface area contributed by atoms with Gasteiger partial charge in [-0.3, -0.25) is 0 Å². The molecule has 0 atom stereocenters. The van der Waals surface area contributed by atoms with Gasteiger partial charge in [0.05, 0.1) is 0 Å². The van der Waals surface area contributed by atoms with Crippen LogP contribution in [0.3, 0.4) is 0 Å². The zero-order valence-corrected chi connectivity index (χ0v) is 7.97. The first-order chi connectivity index (χ1) is 6.16. The molecule has 0 saturated heterocycles. The molecule has 1 aromatic heterocycles. The average Bonchev–Trinajstić information content (AvgIpc) is 2.02. The molecule has 0 aliphatic heterocycles. The molecule has 2 aromatic rings. The molecule has 66 valence electrons. The first-order valence-electron chi connectivity index (χ1n) is 3.90. The van der Waals surface area contributed by atoms with E-state index in [0.29, 0.717) is 5.58 Å². The Hall–Kier alpha value is -1.22. The smallest absolute Gasteiger partial charge is 0.336 e. The Balaban J connectivity index is 2.94. The Kier molecular flexibility index (Phi) is 1.88. The predicted octanol–water partition coefficient (Wildman–Crippen LogP) is 2.39. The molecule has 2 nitrogen and oxygen atoms in total. The van der Waals surface area contributed by atoms with E-state index in [1.54, 1.807) is 6.07 Å². The van der Waals surface area contributed by atoms with Crippen LogP contribution in [0.15, 0.2) is 38.4 Å². The topological polar surface area (TPSA) is 30.2 Å². The molecule has 13 heavy (non-hydrogen) atoms. The van der Waals surface area contributed by atoms with Crippen LogP contribution in [0, 0.1) is 6.92 Å². The SMILES string of the molecule is Cc1cc(=O)oc2cc(S)ccc12. The highest BCUT2D eigenvalue weighted by molar-refractivity contribution is 7.80. The lowest BCUT2D eigenvalue weighted by molar-refractivity contribution is 0.559. The second-order valence-electron chi connectivity index (χ2n) is 2.93. The van der Waals surface area contributed by atoms with Crippen LogP contribution >= 0.6 is 12.6 Å². The van der Waals surface area contributed by atoms with Crippen molar-refractivity contribution in [1.29, 1.82) is 0 Å². The van der Waals surface area contributed by atoms with Crippen molar-refractivity contribution in [2.24, 2.45) is 0 Å². The molecular formula is C10H8O2S. The second kappa shape index (κ2) is 2.92. The van der Waals surface area contributed by atoms with Gasteiger partial charge in [0, 0.05) is 16.3 Å². The number of hydrogen-bond acceptors (Lipinski definition) is 3. The lowest BCUT2D eigenvalue weighted by atomic mass is 10.1. The van der Waals surface area contributed by atoms with Crippen molar-refractivity contribution in [3.8, 4) is 0 Å². The van der Waals surface area contributed by atoms with E-state index in [1.807, 2.05) is 19.1 Å². The van der Waals surface area contributed by atoms with E-state index in [2.05, 4.69) is 12.6 Å². The van der Waals surface area contributed by atoms with Gasteiger partial charge in [0.25, 0.3) is 0 Å². The van der Waals surface area contributed by atoms with Crippen molar-refractivity contribution in [1.82, 2.24) is 0 Å². The van der Waals surface area contributed by atoms with Gasteiger partial charge >= 0.3 is 5.63 Å². The summed E-state index contributed by atoms with van der Waals surface area (Å²) in [4.78, 5) is 11.8. The lowest BCUT2D eigenvalue weighted by Gasteiger charge is -1.99. The molecular weight excluding hydrogens is 184 g/mol. The van der Waals surface area contributed by atoms with Gasteiger partial charge in [-0.15, -0.1) is 12.6 Å². The minimum absolute atomic E-state index is 0.316. The molecule has 0 N–H and O–H groups in total. The Labute approximate surface area is 80.6 Å². The van der Waals surface area contributed by atoms with Crippen LogP contribution in [-0.4, -0.2) is 0 Å². The van der Waals surface area contributed by atoms with Crippen LogP contribution in [0.5, 0.6) is 0 Å². The fourth-order valence-corrected chi connectivity index (χ4v) is 1.51. The molecule has 0 fully saturated rings. The summed E-state index contributed by atoms with van der Waals surface area (Å²) in [5.74, 6) is 0. The lowest BCUT2D eigenvalue weighted by Crippen LogP contribution is -1.97. The van der Waals surface area contributed by atoms with E-state index in [0.717, 1.165) is 15.8 Å². The minimum Gasteiger partial charge on any atom is -0.423 e. The summed E-state index contributed by atoms with van der Waals surface area (Å²) in [6, 6.07) is 7.00. The number of aryl methyl sites for hydroxylation is 1. The first kappa shape index (κ1) is 8.38. The van der Waals surface area contributed by atoms with Crippen LogP contribution in [-0.2, 0) is 0 Å². The average molecular weight is 192 g/mol. The molecule has 0 saturated carbocycles. The van der Waals surface area contributed by atoms with Gasteiger partial charge < -0.3 is 4.42 Å². The molecule has 3 heteroatoms. The maximum absolute atomic E-state index is 11.0. The van der Waals surface area contributed by atoms with Gasteiger partial charge in [0.1, 0.15) is 5.58 Å². The van der Waals surface area contributed by atoms with Crippen LogP contribution in [0.4, 0.5) is 0 Å². The molecule has 0 spiro atoms. The van der Waals surface area contributed by atoms with Crippen molar-refractivity contribution in [2.75, 3.05) is 0 Å². The summed E-state index contributed by atoms with van der Waals surface area (Å²) in [5.41, 5.74) is 1.21. The zero-order valence-electron chi connectivity index (χ0n) is 7.07. The fourth-order valence-electron chi connectivity index (χ4n) is 1.31. The molecule has 0 aliphatic rings. The van der Waals surface area contributed by atoms with Gasteiger partial charge in [0.15, 0.2) is 0 Å². The third kappa shape index (κ3) is 1.47. The summed E-state index contributed by atoms with van der Waals surface area (Å²) in [7, 11) is 0. The standard InChI is InChI=1S/C10H8O2S/c1-6-4-10(11)12-9-5-7(13)2-3-8(6)9/h2-5,13H,1H3. The van der Waals surface area contributed by atoms with Crippen LogP contribution in [0.2, 0.25) is 0 Å². The quantitative estimate of drug-likeness (QED) is 0.513. The molecule has 1 heterocycles. The van der Waals surface area contributed by atoms with Crippen molar-refractivity contribution < 1.29 is 4.42 Å². The van der Waals surface area contributed by atoms with E-state index < -0.39 is 0 Å². The van der Waals surface area contributed by atoms with E-state index in [-0.39, 0.29) is 5.63 Å². The van der Waals surface area contributed by atoms with E-state index in [4.69, 9.17) is 4.42 Å². The maximum Gasteiger partial charge on any atom is 0.336 e. The molecule has 0 bridgehead atoms. The predicted molar refractivity (Wildman–Crippen MR) is 54.5 cm³/mol. The summed E-state index contributed by atoms with van der Waals surface area (Å²) < 4.78 is 5.02. The fraction of sp³-hybridized carbons (Fsp3) is 0.100. The zero-order chi connectivity index (χ0) is 9.42. The monoisotopic (exact) mass is 192 g/mol. The Bertz CT molecular complexity index is 514. The van der Waals surface area contributed by atoms with E-state index >= 15 is 0 Å². The van der Waals surface area contributed by atoms with Crippen molar-refractivity contribution in [3.63, 3.8) is 0 Å². The number of rotatable bonds is 0. The van der Waals surface area contributed by atoms with Crippen LogP contribution < -0.4 is 5.63 Å². The van der Waals surface area contributed by atoms with Crippen molar-refractivity contribution in [3.05, 3.63) is 40.2 Å². The van der Waals surface area contributed by atoms with Gasteiger partial charge in [-0.2, -0.15) is 0 Å². The van der Waals surface area contributed by atoms with Crippen molar-refractivity contribution >= 4 is 23.6 Å². The number of fused-ring (bicyclic) bond motifs is 1. The molecule has 0 unspecified atom stereocenters. The summed E-state index contributed by atoms with van der Waals surface area (Å²) >= 11 is 4.17. The molecule has 2 rings (SSSR count). The summed E-state index contributed by atoms with van der Waals surface area (Å²) in [5, 5.41) is 0.956. The van der Waals surface area contributed by atoms with Gasteiger partial charge in [-0.1, -0.05) is 0 Å². The Morgan fingerprint density at radius 2 is 2.08 bits per heavy atom. The molecule has 0 amide bonds. The Morgan fingerprint density at radius 3 is 2.85 bits per heavy atom. The highest BCUT2D eigenvalue weighted by Gasteiger charge is 2.00. The normalized spacial score (nSPS) is 10.6. The van der Waals surface area contributed by atoms with Crippen molar-refractivity contribution in [2.45, 2.75) is 11.8 Å². The van der Waals surface area contributed by atoms with Crippen LogP contribution in [0.25, 0.3) is 11.0 Å². The second-order valence-corrected chi connectivity index (χ2v) is 3.45.